The lowest BCUT2D eigenvalue weighted by atomic mass is 9.97. The van der Waals surface area contributed by atoms with Crippen LogP contribution in [0.25, 0.3) is 0 Å². The van der Waals surface area contributed by atoms with Crippen molar-refractivity contribution in [3.8, 4) is 0 Å². The van der Waals surface area contributed by atoms with Gasteiger partial charge in [0.1, 0.15) is 11.6 Å². The van der Waals surface area contributed by atoms with Gasteiger partial charge in [-0.25, -0.2) is 8.78 Å². The molecule has 3 rings (SSSR count). The van der Waals surface area contributed by atoms with Crippen molar-refractivity contribution < 1.29 is 8.78 Å². The number of piperazine rings is 1. The Bertz CT molecular complexity index is 589. The lowest BCUT2D eigenvalue weighted by molar-refractivity contribution is 0.192. The van der Waals surface area contributed by atoms with Crippen molar-refractivity contribution in [3.05, 3.63) is 56.7 Å². The fourth-order valence-electron chi connectivity index (χ4n) is 2.75. The second kappa shape index (κ2) is 6.40. The van der Waals surface area contributed by atoms with Gasteiger partial charge in [0.15, 0.2) is 0 Å². The SMILES string of the molecule is Fc1cc(Cl)cc(F)c1[C@H](c1ccsc1)N1CCNCC1. The molecule has 2 nitrogen and oxygen atoms in total. The fraction of sp³-hybridized carbons (Fsp3) is 0.333. The van der Waals surface area contributed by atoms with E-state index in [9.17, 15) is 8.78 Å². The van der Waals surface area contributed by atoms with Gasteiger partial charge in [-0.2, -0.15) is 11.3 Å². The molecular weight excluding hydrogens is 314 g/mol. The van der Waals surface area contributed by atoms with E-state index < -0.39 is 17.7 Å². The first-order valence-corrected chi connectivity index (χ1v) is 8.10. The number of benzene rings is 1. The molecule has 0 saturated carbocycles. The zero-order chi connectivity index (χ0) is 14.8. The molecule has 1 fully saturated rings. The van der Waals surface area contributed by atoms with Gasteiger partial charge in [-0.15, -0.1) is 0 Å². The van der Waals surface area contributed by atoms with E-state index in [1.807, 2.05) is 16.8 Å². The molecule has 0 spiro atoms. The van der Waals surface area contributed by atoms with Crippen LogP contribution in [0, 0.1) is 11.6 Å². The molecule has 6 heteroatoms. The maximum absolute atomic E-state index is 14.3. The molecule has 0 radical (unpaired) electrons. The smallest absolute Gasteiger partial charge is 0.132 e. The summed E-state index contributed by atoms with van der Waals surface area (Å²) in [4.78, 5) is 2.11. The number of hydrogen-bond donors (Lipinski definition) is 1. The van der Waals surface area contributed by atoms with Gasteiger partial charge >= 0.3 is 0 Å². The number of halogens is 3. The summed E-state index contributed by atoms with van der Waals surface area (Å²) in [6.45, 7) is 3.14. The molecule has 2 heterocycles. The van der Waals surface area contributed by atoms with Gasteiger partial charge in [-0.05, 0) is 34.5 Å². The molecular formula is C15H15ClF2N2S. The molecule has 1 aromatic heterocycles. The summed E-state index contributed by atoms with van der Waals surface area (Å²) in [7, 11) is 0. The molecule has 1 aliphatic heterocycles. The molecule has 0 aliphatic carbocycles. The average molecular weight is 329 g/mol. The Kier molecular flexibility index (Phi) is 4.54. The normalized spacial score (nSPS) is 17.9. The number of rotatable bonds is 3. The lowest BCUT2D eigenvalue weighted by Crippen LogP contribution is -2.45. The molecule has 0 amide bonds. The topological polar surface area (TPSA) is 15.3 Å². The Labute approximate surface area is 131 Å². The first-order valence-electron chi connectivity index (χ1n) is 6.78. The van der Waals surface area contributed by atoms with Crippen molar-refractivity contribution in [1.82, 2.24) is 10.2 Å². The molecule has 112 valence electrons. The number of nitrogens with one attached hydrogen (secondary N) is 1. The van der Waals surface area contributed by atoms with Crippen LogP contribution >= 0.6 is 22.9 Å². The van der Waals surface area contributed by atoms with Crippen molar-refractivity contribution in [2.75, 3.05) is 26.2 Å². The van der Waals surface area contributed by atoms with E-state index in [0.29, 0.717) is 0 Å². The first kappa shape index (κ1) is 14.9. The van der Waals surface area contributed by atoms with Gasteiger partial charge in [-0.1, -0.05) is 11.6 Å². The van der Waals surface area contributed by atoms with Gasteiger partial charge in [0, 0.05) is 36.8 Å². The van der Waals surface area contributed by atoms with Gasteiger partial charge in [0.05, 0.1) is 6.04 Å². The monoisotopic (exact) mass is 328 g/mol. The molecule has 21 heavy (non-hydrogen) atoms. The number of nitrogens with zero attached hydrogens (tertiary/aromatic N) is 1. The van der Waals surface area contributed by atoms with Gasteiger partial charge in [0.2, 0.25) is 0 Å². The zero-order valence-electron chi connectivity index (χ0n) is 11.3. The quantitative estimate of drug-likeness (QED) is 0.924. The third kappa shape index (κ3) is 3.11. The Morgan fingerprint density at radius 1 is 1.19 bits per heavy atom. The molecule has 0 unspecified atom stereocenters. The van der Waals surface area contributed by atoms with E-state index in [2.05, 4.69) is 10.2 Å². The van der Waals surface area contributed by atoms with Crippen molar-refractivity contribution in [2.24, 2.45) is 0 Å². The molecule has 1 atom stereocenters. The summed E-state index contributed by atoms with van der Waals surface area (Å²) >= 11 is 7.26. The highest BCUT2D eigenvalue weighted by Gasteiger charge is 2.29. The number of hydrogen-bond acceptors (Lipinski definition) is 3. The molecule has 0 bridgehead atoms. The lowest BCUT2D eigenvalue weighted by Gasteiger charge is -2.35. The van der Waals surface area contributed by atoms with E-state index >= 15 is 0 Å². The Balaban J connectivity index is 2.07. The first-order chi connectivity index (χ1) is 10.2. The predicted octanol–water partition coefficient (Wildman–Crippen LogP) is 3.67. The van der Waals surface area contributed by atoms with Crippen LogP contribution in [0.3, 0.4) is 0 Å². The average Bonchev–Trinajstić information content (AvgIpc) is 2.97. The summed E-state index contributed by atoms with van der Waals surface area (Å²) in [5, 5.41) is 7.21. The van der Waals surface area contributed by atoms with Crippen LogP contribution in [0.4, 0.5) is 8.78 Å². The van der Waals surface area contributed by atoms with E-state index in [1.54, 1.807) is 0 Å². The Morgan fingerprint density at radius 3 is 2.43 bits per heavy atom. The zero-order valence-corrected chi connectivity index (χ0v) is 12.9. The molecule has 1 aliphatic rings. The molecule has 1 aromatic carbocycles. The predicted molar refractivity (Wildman–Crippen MR) is 82.0 cm³/mol. The summed E-state index contributed by atoms with van der Waals surface area (Å²) in [6, 6.07) is 3.88. The second-order valence-electron chi connectivity index (χ2n) is 5.03. The second-order valence-corrected chi connectivity index (χ2v) is 6.24. The maximum atomic E-state index is 14.3. The molecule has 2 aromatic rings. The summed E-state index contributed by atoms with van der Waals surface area (Å²) in [5.74, 6) is -1.18. The van der Waals surface area contributed by atoms with E-state index in [-0.39, 0.29) is 10.6 Å². The summed E-state index contributed by atoms with van der Waals surface area (Å²) in [5.41, 5.74) is 1.00. The molecule has 1 N–H and O–H groups in total. The van der Waals surface area contributed by atoms with E-state index in [4.69, 9.17) is 11.6 Å². The minimum atomic E-state index is -0.588. The van der Waals surface area contributed by atoms with Crippen LogP contribution in [0.1, 0.15) is 17.2 Å². The van der Waals surface area contributed by atoms with Crippen LogP contribution in [-0.4, -0.2) is 31.1 Å². The summed E-state index contributed by atoms with van der Waals surface area (Å²) in [6.07, 6.45) is 0. The Hall–Kier alpha value is -1.01. The highest BCUT2D eigenvalue weighted by Crippen LogP contribution is 2.34. The fourth-order valence-corrected chi connectivity index (χ4v) is 3.62. The molecule has 1 saturated heterocycles. The Morgan fingerprint density at radius 2 is 1.86 bits per heavy atom. The van der Waals surface area contributed by atoms with Crippen LogP contribution < -0.4 is 5.32 Å². The highest BCUT2D eigenvalue weighted by atomic mass is 35.5. The maximum Gasteiger partial charge on any atom is 0.132 e. The number of thiophene rings is 1. The van der Waals surface area contributed by atoms with Crippen molar-refractivity contribution >= 4 is 22.9 Å². The van der Waals surface area contributed by atoms with Crippen LogP contribution in [0.15, 0.2) is 29.0 Å². The van der Waals surface area contributed by atoms with E-state index in [0.717, 1.165) is 31.7 Å². The summed E-state index contributed by atoms with van der Waals surface area (Å²) < 4.78 is 28.7. The van der Waals surface area contributed by atoms with Gasteiger partial charge in [0.25, 0.3) is 0 Å². The van der Waals surface area contributed by atoms with Crippen molar-refractivity contribution in [3.63, 3.8) is 0 Å². The minimum Gasteiger partial charge on any atom is -0.314 e. The van der Waals surface area contributed by atoms with Crippen LogP contribution in [0.5, 0.6) is 0 Å². The van der Waals surface area contributed by atoms with E-state index in [1.165, 1.54) is 23.5 Å². The van der Waals surface area contributed by atoms with Crippen LogP contribution in [0.2, 0.25) is 5.02 Å². The third-order valence-electron chi connectivity index (χ3n) is 3.69. The standard InChI is InChI=1S/C15H15ClF2N2S/c16-11-7-12(17)14(13(18)8-11)15(10-1-6-21-9-10)20-4-2-19-3-5-20/h1,6-9,15,19H,2-5H2/t15-/m0/s1. The third-order valence-corrected chi connectivity index (χ3v) is 4.61. The van der Waals surface area contributed by atoms with Crippen molar-refractivity contribution in [1.29, 1.82) is 0 Å². The largest absolute Gasteiger partial charge is 0.314 e. The van der Waals surface area contributed by atoms with Crippen LogP contribution in [-0.2, 0) is 0 Å². The van der Waals surface area contributed by atoms with Crippen molar-refractivity contribution in [2.45, 2.75) is 6.04 Å². The van der Waals surface area contributed by atoms with Gasteiger partial charge < -0.3 is 5.32 Å². The minimum absolute atomic E-state index is 0.0816. The van der Waals surface area contributed by atoms with Gasteiger partial charge in [-0.3, -0.25) is 4.90 Å². The highest BCUT2D eigenvalue weighted by molar-refractivity contribution is 7.08.